The first-order valence-electron chi connectivity index (χ1n) is 9.54. The molecule has 0 saturated carbocycles. The number of carbonyl (C=O) groups excluding carboxylic acids is 4. The Morgan fingerprint density at radius 2 is 1.18 bits per heavy atom. The van der Waals surface area contributed by atoms with Crippen molar-refractivity contribution < 1.29 is 42.5 Å². The van der Waals surface area contributed by atoms with Crippen molar-refractivity contribution in [2.75, 3.05) is 0 Å². The first-order chi connectivity index (χ1) is 15.6. The number of carbonyl (C=O) groups is 4. The van der Waals surface area contributed by atoms with Crippen LogP contribution in [0.5, 0.6) is 23.0 Å². The van der Waals surface area contributed by atoms with Gasteiger partial charge in [0, 0.05) is 33.3 Å². The van der Waals surface area contributed by atoms with Crippen molar-refractivity contribution >= 4 is 34.8 Å². The molecule has 1 aromatic heterocycles. The molecule has 2 aromatic carbocycles. The van der Waals surface area contributed by atoms with Gasteiger partial charge in [0.05, 0.1) is 5.39 Å². The molecule has 1 heterocycles. The molecular formula is C23H18O10. The summed E-state index contributed by atoms with van der Waals surface area (Å²) in [6.07, 6.45) is 0. The smallest absolute Gasteiger partial charge is 0.308 e. The summed E-state index contributed by atoms with van der Waals surface area (Å²) < 4.78 is 26.3. The van der Waals surface area contributed by atoms with Crippen molar-refractivity contribution in [2.24, 2.45) is 0 Å². The van der Waals surface area contributed by atoms with Crippen LogP contribution in [0.3, 0.4) is 0 Å². The molecule has 0 bridgehead atoms. The molecule has 0 radical (unpaired) electrons. The number of fused-ring (bicyclic) bond motifs is 1. The molecule has 10 nitrogen and oxygen atoms in total. The second kappa shape index (κ2) is 9.35. The predicted octanol–water partition coefficient (Wildman–Crippen LogP) is 3.16. The fraction of sp³-hybridized carbons (Fsp3) is 0.174. The predicted molar refractivity (Wildman–Crippen MR) is 113 cm³/mol. The second-order valence-corrected chi connectivity index (χ2v) is 6.76. The van der Waals surface area contributed by atoms with E-state index in [2.05, 4.69) is 0 Å². The van der Waals surface area contributed by atoms with Crippen LogP contribution in [0.15, 0.2) is 45.6 Å². The SMILES string of the molecule is CC(=O)Oc1cc(-c2oc3ccccc3c(=O)c2OC(C)=O)cc(OC(C)=O)c1OC(C)=O. The Morgan fingerprint density at radius 3 is 1.70 bits per heavy atom. The monoisotopic (exact) mass is 454 g/mol. The van der Waals surface area contributed by atoms with E-state index in [0.29, 0.717) is 0 Å². The van der Waals surface area contributed by atoms with Gasteiger partial charge in [0.15, 0.2) is 17.3 Å². The first kappa shape index (κ1) is 23.2. The molecule has 0 N–H and O–H groups in total. The number of ether oxygens (including phenoxy) is 4. The third-order valence-electron chi connectivity index (χ3n) is 4.04. The van der Waals surface area contributed by atoms with Crippen molar-refractivity contribution in [2.45, 2.75) is 27.7 Å². The minimum absolute atomic E-state index is 0.0394. The van der Waals surface area contributed by atoms with Crippen molar-refractivity contribution in [1.82, 2.24) is 0 Å². The lowest BCUT2D eigenvalue weighted by molar-refractivity contribution is -0.135. The maximum Gasteiger partial charge on any atom is 0.308 e. The molecule has 0 saturated heterocycles. The van der Waals surface area contributed by atoms with Crippen LogP contribution in [-0.2, 0) is 19.2 Å². The van der Waals surface area contributed by atoms with E-state index in [-0.39, 0.29) is 39.5 Å². The summed E-state index contributed by atoms with van der Waals surface area (Å²) in [7, 11) is 0. The lowest BCUT2D eigenvalue weighted by Gasteiger charge is -2.16. The highest BCUT2D eigenvalue weighted by atomic mass is 16.6. The molecule has 0 aliphatic carbocycles. The van der Waals surface area contributed by atoms with Gasteiger partial charge >= 0.3 is 23.9 Å². The zero-order valence-corrected chi connectivity index (χ0v) is 18.0. The summed E-state index contributed by atoms with van der Waals surface area (Å²) in [6, 6.07) is 8.71. The molecule has 0 spiro atoms. The maximum atomic E-state index is 13.0. The van der Waals surface area contributed by atoms with Gasteiger partial charge < -0.3 is 23.4 Å². The average Bonchev–Trinajstić information content (AvgIpc) is 2.71. The van der Waals surface area contributed by atoms with Crippen LogP contribution < -0.4 is 24.4 Å². The zero-order chi connectivity index (χ0) is 24.3. The van der Waals surface area contributed by atoms with E-state index in [1.54, 1.807) is 12.1 Å². The summed E-state index contributed by atoms with van der Waals surface area (Å²) in [4.78, 5) is 59.6. The number of esters is 4. The second-order valence-electron chi connectivity index (χ2n) is 6.76. The fourth-order valence-corrected chi connectivity index (χ4v) is 2.96. The molecule has 0 unspecified atom stereocenters. The summed E-state index contributed by atoms with van der Waals surface area (Å²) in [5.41, 5.74) is -0.410. The highest BCUT2D eigenvalue weighted by Crippen LogP contribution is 2.44. The van der Waals surface area contributed by atoms with E-state index in [9.17, 15) is 24.0 Å². The number of para-hydroxylation sites is 1. The molecule has 0 atom stereocenters. The fourth-order valence-electron chi connectivity index (χ4n) is 2.96. The Kier molecular flexibility index (Phi) is 6.57. The van der Waals surface area contributed by atoms with Gasteiger partial charge in [-0.3, -0.25) is 24.0 Å². The maximum absolute atomic E-state index is 13.0. The van der Waals surface area contributed by atoms with E-state index >= 15 is 0 Å². The van der Waals surface area contributed by atoms with E-state index < -0.39 is 35.1 Å². The van der Waals surface area contributed by atoms with Gasteiger partial charge in [-0.05, 0) is 24.3 Å². The number of benzene rings is 2. The highest BCUT2D eigenvalue weighted by molar-refractivity contribution is 5.86. The van der Waals surface area contributed by atoms with Gasteiger partial charge in [-0.25, -0.2) is 0 Å². The Labute approximate surface area is 186 Å². The molecule has 0 amide bonds. The Balaban J connectivity index is 2.38. The lowest BCUT2D eigenvalue weighted by Crippen LogP contribution is -2.14. The highest BCUT2D eigenvalue weighted by Gasteiger charge is 2.25. The molecule has 33 heavy (non-hydrogen) atoms. The van der Waals surface area contributed by atoms with Crippen LogP contribution in [-0.4, -0.2) is 23.9 Å². The van der Waals surface area contributed by atoms with Crippen LogP contribution in [0, 0.1) is 0 Å². The molecule has 10 heteroatoms. The standard InChI is InChI=1S/C23H18O10/c1-11(24)29-18-9-15(10-19(30-12(2)25)22(18)31-13(3)26)21-23(32-14(4)27)20(28)16-7-5-6-8-17(16)33-21/h5-10H,1-4H3. The molecule has 0 fully saturated rings. The molecule has 0 aliphatic rings. The van der Waals surface area contributed by atoms with E-state index in [1.807, 2.05) is 0 Å². The minimum Gasteiger partial charge on any atom is -0.452 e. The number of hydrogen-bond acceptors (Lipinski definition) is 10. The Hall–Kier alpha value is -4.47. The summed E-state index contributed by atoms with van der Waals surface area (Å²) in [5, 5.41) is 0.162. The zero-order valence-electron chi connectivity index (χ0n) is 18.0. The minimum atomic E-state index is -0.782. The van der Waals surface area contributed by atoms with Gasteiger partial charge in [-0.15, -0.1) is 0 Å². The Bertz CT molecular complexity index is 1310. The van der Waals surface area contributed by atoms with Gasteiger partial charge in [0.1, 0.15) is 5.58 Å². The van der Waals surface area contributed by atoms with Gasteiger partial charge in [0.2, 0.25) is 16.9 Å². The van der Waals surface area contributed by atoms with Gasteiger partial charge in [-0.1, -0.05) is 12.1 Å². The third-order valence-corrected chi connectivity index (χ3v) is 4.04. The molecule has 0 aliphatic heterocycles. The van der Waals surface area contributed by atoms with Crippen LogP contribution >= 0.6 is 0 Å². The van der Waals surface area contributed by atoms with Crippen molar-refractivity contribution in [3.8, 4) is 34.3 Å². The number of hydrogen-bond donors (Lipinski definition) is 0. The van der Waals surface area contributed by atoms with Crippen LogP contribution in [0.2, 0.25) is 0 Å². The quantitative estimate of drug-likeness (QED) is 0.418. The summed E-state index contributed by atoms with van der Waals surface area (Å²) >= 11 is 0. The van der Waals surface area contributed by atoms with E-state index in [1.165, 1.54) is 24.3 Å². The largest absolute Gasteiger partial charge is 0.452 e. The normalized spacial score (nSPS) is 10.4. The van der Waals surface area contributed by atoms with Crippen molar-refractivity contribution in [3.05, 3.63) is 46.6 Å². The molecule has 170 valence electrons. The van der Waals surface area contributed by atoms with Crippen molar-refractivity contribution in [1.29, 1.82) is 0 Å². The lowest BCUT2D eigenvalue weighted by atomic mass is 10.1. The van der Waals surface area contributed by atoms with Crippen LogP contribution in [0.1, 0.15) is 27.7 Å². The van der Waals surface area contributed by atoms with Gasteiger partial charge in [0.25, 0.3) is 0 Å². The Morgan fingerprint density at radius 1 is 0.697 bits per heavy atom. The summed E-state index contributed by atoms with van der Waals surface area (Å²) in [6.45, 7) is 4.42. The van der Waals surface area contributed by atoms with E-state index in [4.69, 9.17) is 23.4 Å². The topological polar surface area (TPSA) is 135 Å². The molecular weight excluding hydrogens is 436 g/mol. The third kappa shape index (κ3) is 5.24. The molecule has 3 rings (SSSR count). The van der Waals surface area contributed by atoms with E-state index in [0.717, 1.165) is 27.7 Å². The number of rotatable bonds is 5. The van der Waals surface area contributed by atoms with Crippen molar-refractivity contribution in [3.63, 3.8) is 0 Å². The molecule has 3 aromatic rings. The van der Waals surface area contributed by atoms with Crippen LogP contribution in [0.4, 0.5) is 0 Å². The summed E-state index contributed by atoms with van der Waals surface area (Å²) in [5.74, 6) is -4.66. The van der Waals surface area contributed by atoms with Crippen LogP contribution in [0.25, 0.3) is 22.3 Å². The first-order valence-corrected chi connectivity index (χ1v) is 9.54. The average molecular weight is 454 g/mol. The van der Waals surface area contributed by atoms with Gasteiger partial charge in [-0.2, -0.15) is 0 Å².